The third kappa shape index (κ3) is 6.53. The molecule has 0 saturated carbocycles. The molecule has 0 radical (unpaired) electrons. The van der Waals surface area contributed by atoms with Gasteiger partial charge in [-0.25, -0.2) is 8.78 Å². The molecule has 0 aliphatic carbocycles. The van der Waals surface area contributed by atoms with Gasteiger partial charge >= 0.3 is 0 Å². The number of nitrogens with one attached hydrogen (secondary N) is 1. The summed E-state index contributed by atoms with van der Waals surface area (Å²) in [7, 11) is 0. The van der Waals surface area contributed by atoms with Crippen molar-refractivity contribution in [2.75, 3.05) is 18.5 Å². The van der Waals surface area contributed by atoms with Gasteiger partial charge in [0.2, 0.25) is 5.91 Å². The monoisotopic (exact) mass is 524 g/mol. The number of nitrogens with zero attached hydrogens (tertiary/aromatic N) is 1. The molecule has 0 aromatic heterocycles. The molecule has 3 aromatic rings. The van der Waals surface area contributed by atoms with Crippen LogP contribution < -0.4 is 14.8 Å². The third-order valence-electron chi connectivity index (χ3n) is 5.19. The molecule has 7 nitrogen and oxygen atoms in total. The molecule has 3 aromatic carbocycles. The highest BCUT2D eigenvalue weighted by atomic mass is 32.2. The average molecular weight is 525 g/mol. The smallest absolute Gasteiger partial charge is 0.294 e. The van der Waals surface area contributed by atoms with Crippen molar-refractivity contribution < 1.29 is 32.6 Å². The number of hydrogen-bond donors (Lipinski definition) is 1. The Kier molecular flexibility index (Phi) is 8.19. The van der Waals surface area contributed by atoms with Gasteiger partial charge < -0.3 is 14.8 Å². The van der Waals surface area contributed by atoms with Gasteiger partial charge in [-0.3, -0.25) is 19.3 Å². The molecule has 1 N–H and O–H groups in total. The second-order valence-electron chi connectivity index (χ2n) is 7.85. The van der Waals surface area contributed by atoms with Gasteiger partial charge in [0.15, 0.2) is 11.5 Å². The molecule has 1 aliphatic rings. The van der Waals surface area contributed by atoms with Gasteiger partial charge in [0, 0.05) is 11.3 Å². The number of rotatable bonds is 9. The molecule has 1 aliphatic heterocycles. The molecule has 4 rings (SSSR count). The summed E-state index contributed by atoms with van der Waals surface area (Å²) in [5, 5.41) is 1.87. The maximum Gasteiger partial charge on any atom is 0.294 e. The lowest BCUT2D eigenvalue weighted by Gasteiger charge is -2.13. The third-order valence-corrected chi connectivity index (χ3v) is 6.10. The van der Waals surface area contributed by atoms with Crippen LogP contribution in [0.4, 0.5) is 19.3 Å². The van der Waals surface area contributed by atoms with E-state index < -0.39 is 29.4 Å². The van der Waals surface area contributed by atoms with Crippen molar-refractivity contribution in [1.29, 1.82) is 0 Å². The number of hydrogen-bond acceptors (Lipinski definition) is 6. The van der Waals surface area contributed by atoms with Crippen molar-refractivity contribution in [3.8, 4) is 11.5 Å². The number of halogens is 2. The number of carbonyl (C=O) groups is 3. The lowest BCUT2D eigenvalue weighted by molar-refractivity contribution is -0.127. The van der Waals surface area contributed by atoms with Crippen LogP contribution in [-0.4, -0.2) is 35.1 Å². The van der Waals surface area contributed by atoms with E-state index in [4.69, 9.17) is 9.47 Å². The summed E-state index contributed by atoms with van der Waals surface area (Å²) in [5.74, 6) is -1.38. The summed E-state index contributed by atoms with van der Waals surface area (Å²) in [5.41, 5.74) is 1.17. The molecule has 10 heteroatoms. The van der Waals surface area contributed by atoms with Gasteiger partial charge in [0.05, 0.1) is 11.5 Å². The van der Waals surface area contributed by atoms with E-state index >= 15 is 0 Å². The molecule has 0 unspecified atom stereocenters. The van der Waals surface area contributed by atoms with Gasteiger partial charge in [-0.1, -0.05) is 30.3 Å². The Morgan fingerprint density at radius 1 is 1.00 bits per heavy atom. The zero-order chi connectivity index (χ0) is 26.4. The van der Waals surface area contributed by atoms with Crippen molar-refractivity contribution in [1.82, 2.24) is 4.90 Å². The lowest BCUT2D eigenvalue weighted by atomic mass is 10.1. The zero-order valence-corrected chi connectivity index (χ0v) is 20.5. The minimum atomic E-state index is -0.635. The van der Waals surface area contributed by atoms with E-state index in [0.29, 0.717) is 41.0 Å². The second-order valence-corrected chi connectivity index (χ2v) is 8.84. The van der Waals surface area contributed by atoms with E-state index in [2.05, 4.69) is 5.32 Å². The number of benzene rings is 3. The summed E-state index contributed by atoms with van der Waals surface area (Å²) >= 11 is 0.705. The summed E-state index contributed by atoms with van der Waals surface area (Å²) in [6.07, 6.45) is 1.51. The van der Waals surface area contributed by atoms with E-state index in [9.17, 15) is 23.2 Å². The SMILES string of the molecule is CCOc1cc(/C=C2/SC(=O)N(CC(=O)Nc3cccc(F)c3)C2=O)ccc1OCc1ccccc1F. The Labute approximate surface area is 216 Å². The average Bonchev–Trinajstić information content (AvgIpc) is 3.12. The Balaban J connectivity index is 1.45. The maximum absolute atomic E-state index is 13.9. The Morgan fingerprint density at radius 3 is 2.57 bits per heavy atom. The van der Waals surface area contributed by atoms with Crippen LogP contribution in [0, 0.1) is 11.6 Å². The standard InChI is InChI=1S/C27H22F2N2O5S/c1-2-35-23-12-17(10-11-22(23)36-16-18-6-3-4-9-21(18)29)13-24-26(33)31(27(34)37-24)15-25(32)30-20-8-5-7-19(28)14-20/h3-14H,2,15-16H2,1H3,(H,30,32)/b24-13+. The first kappa shape index (κ1) is 25.9. The Hall–Kier alpha value is -4.18. The number of anilines is 1. The number of ether oxygens (including phenoxy) is 2. The topological polar surface area (TPSA) is 84.9 Å². The lowest BCUT2D eigenvalue weighted by Crippen LogP contribution is -2.36. The van der Waals surface area contributed by atoms with E-state index in [1.54, 1.807) is 43.3 Å². The maximum atomic E-state index is 13.9. The van der Waals surface area contributed by atoms with Gasteiger partial charge in [-0.15, -0.1) is 0 Å². The molecule has 1 saturated heterocycles. The molecule has 0 spiro atoms. The number of thioether (sulfide) groups is 1. The van der Waals surface area contributed by atoms with Crippen molar-refractivity contribution in [2.45, 2.75) is 13.5 Å². The first-order valence-corrected chi connectivity index (χ1v) is 12.1. The van der Waals surface area contributed by atoms with Crippen LogP contribution in [0.5, 0.6) is 11.5 Å². The summed E-state index contributed by atoms with van der Waals surface area (Å²) < 4.78 is 38.6. The Morgan fingerprint density at radius 2 is 1.81 bits per heavy atom. The highest BCUT2D eigenvalue weighted by Gasteiger charge is 2.36. The fourth-order valence-corrected chi connectivity index (χ4v) is 4.31. The first-order valence-electron chi connectivity index (χ1n) is 11.3. The minimum Gasteiger partial charge on any atom is -0.490 e. The molecular formula is C27H22F2N2O5S. The highest BCUT2D eigenvalue weighted by molar-refractivity contribution is 8.18. The minimum absolute atomic E-state index is 0.00265. The molecule has 3 amide bonds. The number of amides is 3. The predicted octanol–water partition coefficient (Wildman–Crippen LogP) is 5.62. The zero-order valence-electron chi connectivity index (χ0n) is 19.7. The van der Waals surface area contributed by atoms with Gasteiger partial charge in [0.1, 0.15) is 24.8 Å². The first-order chi connectivity index (χ1) is 17.8. The number of carbonyl (C=O) groups excluding carboxylic acids is 3. The van der Waals surface area contributed by atoms with Gasteiger partial charge in [-0.05, 0) is 66.7 Å². The molecule has 0 atom stereocenters. The Bertz CT molecular complexity index is 1380. The van der Waals surface area contributed by atoms with Crippen LogP contribution in [0.3, 0.4) is 0 Å². The molecule has 37 heavy (non-hydrogen) atoms. The number of imide groups is 1. The largest absolute Gasteiger partial charge is 0.490 e. The van der Waals surface area contributed by atoms with Crippen molar-refractivity contribution >= 4 is 40.6 Å². The summed E-state index contributed by atoms with van der Waals surface area (Å²) in [6.45, 7) is 1.64. The van der Waals surface area contributed by atoms with Gasteiger partial charge in [0.25, 0.3) is 11.1 Å². The van der Waals surface area contributed by atoms with E-state index in [-0.39, 0.29) is 23.0 Å². The summed E-state index contributed by atoms with van der Waals surface area (Å²) in [4.78, 5) is 38.5. The molecule has 1 heterocycles. The summed E-state index contributed by atoms with van der Waals surface area (Å²) in [6, 6.07) is 16.5. The van der Waals surface area contributed by atoms with Crippen molar-refractivity contribution in [3.63, 3.8) is 0 Å². The van der Waals surface area contributed by atoms with Crippen LogP contribution in [0.1, 0.15) is 18.1 Å². The molecule has 190 valence electrons. The quantitative estimate of drug-likeness (QED) is 0.366. The highest BCUT2D eigenvalue weighted by Crippen LogP contribution is 2.35. The van der Waals surface area contributed by atoms with Crippen LogP contribution in [0.15, 0.2) is 71.6 Å². The molecular weight excluding hydrogens is 502 g/mol. The van der Waals surface area contributed by atoms with Crippen LogP contribution in [0.2, 0.25) is 0 Å². The van der Waals surface area contributed by atoms with Crippen LogP contribution in [-0.2, 0) is 16.2 Å². The van der Waals surface area contributed by atoms with Crippen LogP contribution in [0.25, 0.3) is 6.08 Å². The van der Waals surface area contributed by atoms with E-state index in [1.807, 2.05) is 0 Å². The fraction of sp³-hybridized carbons (Fsp3) is 0.148. The fourth-order valence-electron chi connectivity index (χ4n) is 3.47. The van der Waals surface area contributed by atoms with E-state index in [0.717, 1.165) is 11.0 Å². The van der Waals surface area contributed by atoms with E-state index in [1.165, 1.54) is 30.3 Å². The normalized spacial score (nSPS) is 14.2. The molecule has 1 fully saturated rings. The van der Waals surface area contributed by atoms with Gasteiger partial charge in [-0.2, -0.15) is 0 Å². The van der Waals surface area contributed by atoms with Crippen LogP contribution >= 0.6 is 11.8 Å². The van der Waals surface area contributed by atoms with Crippen molar-refractivity contribution in [3.05, 3.63) is 94.4 Å². The molecule has 0 bridgehead atoms. The second kappa shape index (κ2) is 11.7. The predicted molar refractivity (Wildman–Crippen MR) is 136 cm³/mol. The van der Waals surface area contributed by atoms with Crippen molar-refractivity contribution in [2.24, 2.45) is 0 Å².